The standard InChI is InChI=1S/C24H27N5O3.C20H23N5O2.C4H5ClO.CH4/c1-14-15(2)25-21-13-19(27-29(21)23(14)31)20-9-5-6-12-28(20)24(32)17-7-3-4-8-18(17)26-22(30)16-10-11-16;1-12-13(2)22-18-11-16(23-25(18)19(12)26)17-9-5-6-10-24(17)20(27)14-7-3-4-8-15(14)21;5-4(6)3-1-2-3;/h3-4,7-8,13,16,20,27H,5-6,9-12H2,1-2H3,(H,26,30);3-4,7-8,11,17,23H,5-6,9-10,21H2,1-2H3;3H,1-2H2;1H4/t20-;17-;;/m00../s1. The van der Waals surface area contributed by atoms with Gasteiger partial charge in [-0.1, -0.05) is 31.7 Å². The van der Waals surface area contributed by atoms with Gasteiger partial charge in [0, 0.05) is 65.3 Å². The number of amides is 3. The number of hydrogen-bond donors (Lipinski definition) is 4. The number of nitrogens with two attached hydrogens (primary N) is 1. The van der Waals surface area contributed by atoms with Gasteiger partial charge in [-0.25, -0.2) is 19.0 Å². The number of aryl methyl sites for hydroxylation is 2. The van der Waals surface area contributed by atoms with E-state index in [1.54, 1.807) is 38.1 Å². The molecule has 2 aromatic carbocycles. The molecular weight excluding hydrogens is 860 g/mol. The number of carbonyl (C=O) groups is 4. The summed E-state index contributed by atoms with van der Waals surface area (Å²) in [6.07, 6.45) is 9.34. The molecule has 2 aliphatic heterocycles. The molecule has 2 aliphatic carbocycles. The molecular formula is C49H59ClN10O6. The van der Waals surface area contributed by atoms with Gasteiger partial charge in [0.05, 0.1) is 40.3 Å². The molecule has 0 unspecified atom stereocenters. The number of para-hydroxylation sites is 2. The molecule has 4 aromatic heterocycles. The Morgan fingerprint density at radius 1 is 0.652 bits per heavy atom. The summed E-state index contributed by atoms with van der Waals surface area (Å²) in [5.74, 6) is 0.0701. The predicted octanol–water partition coefficient (Wildman–Crippen LogP) is 7.74. The maximum atomic E-state index is 13.6. The number of aromatic amines is 2. The number of carbonyl (C=O) groups excluding carboxylic acids is 4. The summed E-state index contributed by atoms with van der Waals surface area (Å²) in [7, 11) is 0. The maximum absolute atomic E-state index is 13.6. The summed E-state index contributed by atoms with van der Waals surface area (Å²) in [6.45, 7) is 8.47. The van der Waals surface area contributed by atoms with Gasteiger partial charge in [0.25, 0.3) is 22.9 Å². The van der Waals surface area contributed by atoms with Crippen molar-refractivity contribution in [2.75, 3.05) is 24.1 Å². The van der Waals surface area contributed by atoms with Crippen LogP contribution >= 0.6 is 11.6 Å². The number of anilines is 2. The van der Waals surface area contributed by atoms with Crippen LogP contribution in [0.25, 0.3) is 11.3 Å². The lowest BCUT2D eigenvalue weighted by atomic mass is 9.98. The number of nitrogens with zero attached hydrogens (tertiary/aromatic N) is 6. The van der Waals surface area contributed by atoms with E-state index < -0.39 is 0 Å². The predicted molar refractivity (Wildman–Crippen MR) is 255 cm³/mol. The van der Waals surface area contributed by atoms with Gasteiger partial charge in [-0.3, -0.25) is 39.0 Å². The Morgan fingerprint density at radius 3 is 1.56 bits per heavy atom. The first-order chi connectivity index (χ1) is 31.2. The van der Waals surface area contributed by atoms with Crippen LogP contribution in [-0.4, -0.2) is 75.0 Å². The molecule has 348 valence electrons. The van der Waals surface area contributed by atoms with Crippen LogP contribution in [0.15, 0.2) is 70.3 Å². The first-order valence-corrected chi connectivity index (χ1v) is 22.8. The highest BCUT2D eigenvalue weighted by molar-refractivity contribution is 6.64. The van der Waals surface area contributed by atoms with E-state index in [1.807, 2.05) is 60.0 Å². The quantitative estimate of drug-likeness (QED) is 0.0909. The minimum Gasteiger partial charge on any atom is -0.398 e. The van der Waals surface area contributed by atoms with Crippen LogP contribution in [-0.2, 0) is 9.59 Å². The zero-order valence-electron chi connectivity index (χ0n) is 37.2. The van der Waals surface area contributed by atoms with E-state index in [1.165, 1.54) is 9.03 Å². The van der Waals surface area contributed by atoms with Crippen LogP contribution in [0, 0.1) is 39.5 Å². The molecule has 3 amide bonds. The molecule has 4 aliphatic rings. The van der Waals surface area contributed by atoms with Crippen molar-refractivity contribution in [1.82, 2.24) is 39.0 Å². The Labute approximate surface area is 387 Å². The Bertz CT molecular complexity index is 2930. The van der Waals surface area contributed by atoms with E-state index in [0.717, 1.165) is 81.3 Å². The van der Waals surface area contributed by atoms with Gasteiger partial charge in [0.1, 0.15) is 0 Å². The van der Waals surface area contributed by atoms with Crippen molar-refractivity contribution in [1.29, 1.82) is 0 Å². The van der Waals surface area contributed by atoms with Crippen LogP contribution in [0.2, 0.25) is 0 Å². The summed E-state index contributed by atoms with van der Waals surface area (Å²) in [5.41, 5.74) is 13.2. The average molecular weight is 920 g/mol. The molecule has 4 fully saturated rings. The SMILES string of the molecule is C.Cc1nc2cc([C@@H]3CCCCN3C(=O)c3ccccc3N)[nH]n2c(=O)c1C.Cc1nc2cc([C@@H]3CCCCN3C(=O)c3ccccc3NC(=O)C3CC3)[nH]n2c(=O)c1C.O=C(Cl)C1CC1. The number of H-pyrrole nitrogens is 2. The number of nitrogen functional groups attached to an aromatic ring is 1. The average Bonchev–Trinajstić information content (AvgIpc) is 4.26. The van der Waals surface area contributed by atoms with Crippen molar-refractivity contribution in [2.24, 2.45) is 11.8 Å². The van der Waals surface area contributed by atoms with Gasteiger partial charge in [-0.05, 0) is 128 Å². The number of benzene rings is 2. The third-order valence-corrected chi connectivity index (χ3v) is 13.2. The lowest BCUT2D eigenvalue weighted by Crippen LogP contribution is -2.39. The molecule has 2 saturated carbocycles. The second-order valence-electron chi connectivity index (χ2n) is 17.6. The normalized spacial score (nSPS) is 18.1. The zero-order chi connectivity index (χ0) is 46.1. The van der Waals surface area contributed by atoms with E-state index in [2.05, 4.69) is 25.5 Å². The minimum atomic E-state index is -0.190. The number of halogens is 1. The highest BCUT2D eigenvalue weighted by atomic mass is 35.5. The third-order valence-electron chi connectivity index (χ3n) is 12.9. The number of hydrogen-bond acceptors (Lipinski definition) is 9. The maximum Gasteiger partial charge on any atom is 0.275 e. The molecule has 6 aromatic rings. The molecule has 0 bridgehead atoms. The summed E-state index contributed by atoms with van der Waals surface area (Å²) < 4.78 is 2.92. The summed E-state index contributed by atoms with van der Waals surface area (Å²) in [5, 5.41) is 9.14. The van der Waals surface area contributed by atoms with Crippen LogP contribution in [0.5, 0.6) is 0 Å². The first-order valence-electron chi connectivity index (χ1n) is 22.4. The van der Waals surface area contributed by atoms with Crippen molar-refractivity contribution in [2.45, 2.75) is 111 Å². The molecule has 6 heterocycles. The van der Waals surface area contributed by atoms with E-state index in [4.69, 9.17) is 17.3 Å². The largest absolute Gasteiger partial charge is 0.398 e. The van der Waals surface area contributed by atoms with Gasteiger partial charge in [-0.2, -0.15) is 0 Å². The number of piperidine rings is 2. The fourth-order valence-electron chi connectivity index (χ4n) is 8.48. The lowest BCUT2D eigenvalue weighted by Gasteiger charge is -2.35. The summed E-state index contributed by atoms with van der Waals surface area (Å²) in [4.78, 5) is 87.0. The van der Waals surface area contributed by atoms with Crippen LogP contribution < -0.4 is 22.2 Å². The van der Waals surface area contributed by atoms with Crippen molar-refractivity contribution >= 4 is 57.2 Å². The Hall–Kier alpha value is -6.55. The van der Waals surface area contributed by atoms with E-state index >= 15 is 0 Å². The molecule has 17 heteroatoms. The van der Waals surface area contributed by atoms with E-state index in [9.17, 15) is 28.8 Å². The molecule has 0 radical (unpaired) electrons. The molecule has 66 heavy (non-hydrogen) atoms. The number of fused-ring (bicyclic) bond motifs is 2. The number of nitrogens with one attached hydrogen (secondary N) is 3. The van der Waals surface area contributed by atoms with Gasteiger partial charge >= 0.3 is 0 Å². The first kappa shape index (κ1) is 47.4. The molecule has 2 atom stereocenters. The topological polar surface area (TPSA) is 213 Å². The van der Waals surface area contributed by atoms with Gasteiger partial charge in [0.2, 0.25) is 11.1 Å². The van der Waals surface area contributed by atoms with Crippen LogP contribution in [0.1, 0.15) is 138 Å². The second-order valence-corrected chi connectivity index (χ2v) is 17.9. The van der Waals surface area contributed by atoms with Crippen molar-refractivity contribution in [3.05, 3.63) is 126 Å². The van der Waals surface area contributed by atoms with Gasteiger partial charge in [-0.15, -0.1) is 0 Å². The number of rotatable bonds is 7. The number of likely N-dealkylation sites (tertiary alicyclic amines) is 2. The highest BCUT2D eigenvalue weighted by Gasteiger charge is 2.34. The van der Waals surface area contributed by atoms with Crippen LogP contribution in [0.3, 0.4) is 0 Å². The molecule has 0 spiro atoms. The molecule has 2 saturated heterocycles. The molecule has 10 rings (SSSR count). The van der Waals surface area contributed by atoms with Crippen LogP contribution in [0.4, 0.5) is 11.4 Å². The zero-order valence-corrected chi connectivity index (χ0v) is 37.9. The Morgan fingerprint density at radius 2 is 1.11 bits per heavy atom. The Kier molecular flexibility index (Phi) is 14.3. The monoisotopic (exact) mass is 918 g/mol. The fraction of sp³-hybridized carbons (Fsp3) is 0.429. The smallest absolute Gasteiger partial charge is 0.275 e. The molecule has 5 N–H and O–H groups in total. The summed E-state index contributed by atoms with van der Waals surface area (Å²) >= 11 is 5.04. The van der Waals surface area contributed by atoms with Crippen molar-refractivity contribution in [3.8, 4) is 0 Å². The Balaban J connectivity index is 0.000000174. The second kappa shape index (κ2) is 19.9. The van der Waals surface area contributed by atoms with E-state index in [0.29, 0.717) is 63.7 Å². The fourth-order valence-corrected chi connectivity index (χ4v) is 8.70. The highest BCUT2D eigenvalue weighted by Crippen LogP contribution is 2.36. The van der Waals surface area contributed by atoms with E-state index in [-0.39, 0.29) is 65.4 Å². The summed E-state index contributed by atoms with van der Waals surface area (Å²) in [6, 6.07) is 17.7. The third kappa shape index (κ3) is 9.98. The van der Waals surface area contributed by atoms with Crippen molar-refractivity contribution in [3.63, 3.8) is 0 Å². The lowest BCUT2D eigenvalue weighted by molar-refractivity contribution is -0.117. The van der Waals surface area contributed by atoms with Gasteiger partial charge < -0.3 is 20.9 Å². The minimum absolute atomic E-state index is 0. The van der Waals surface area contributed by atoms with Gasteiger partial charge in [0.15, 0.2) is 11.3 Å². The molecule has 16 nitrogen and oxygen atoms in total. The van der Waals surface area contributed by atoms with Crippen molar-refractivity contribution < 1.29 is 19.2 Å². The number of aromatic nitrogens is 6.